The summed E-state index contributed by atoms with van der Waals surface area (Å²) in [6.07, 6.45) is 6.37. The second-order valence-corrected chi connectivity index (χ2v) is 6.01. The number of hydrogen-bond donors (Lipinski definition) is 0. The highest BCUT2D eigenvalue weighted by molar-refractivity contribution is 9.09. The van der Waals surface area contributed by atoms with E-state index in [0.29, 0.717) is 6.04 Å². The molecule has 0 aliphatic heterocycles. The van der Waals surface area contributed by atoms with Crippen molar-refractivity contribution < 1.29 is 4.57 Å². The van der Waals surface area contributed by atoms with Gasteiger partial charge in [0.1, 0.15) is 18.4 Å². The molecule has 1 unspecified atom stereocenters. The first-order chi connectivity index (χ1) is 10.3. The molecule has 0 bridgehead atoms. The SMILES string of the molecule is C[C@H](c1ccccc1)n1cc[n+](C(Br)c2ccccc2)c1. The summed E-state index contributed by atoms with van der Waals surface area (Å²) in [7, 11) is 0. The molecule has 3 heteroatoms. The van der Waals surface area contributed by atoms with E-state index in [1.54, 1.807) is 0 Å². The average Bonchev–Trinajstić information content (AvgIpc) is 3.05. The van der Waals surface area contributed by atoms with Gasteiger partial charge in [0.15, 0.2) is 4.95 Å². The van der Waals surface area contributed by atoms with E-state index in [2.05, 4.69) is 105 Å². The minimum Gasteiger partial charge on any atom is -0.230 e. The van der Waals surface area contributed by atoms with Crippen molar-refractivity contribution in [1.29, 1.82) is 0 Å². The molecule has 2 nitrogen and oxygen atoms in total. The summed E-state index contributed by atoms with van der Waals surface area (Å²) in [5.41, 5.74) is 2.55. The van der Waals surface area contributed by atoms with Gasteiger partial charge >= 0.3 is 0 Å². The van der Waals surface area contributed by atoms with Crippen molar-refractivity contribution in [2.75, 3.05) is 0 Å². The van der Waals surface area contributed by atoms with Crippen molar-refractivity contribution in [2.24, 2.45) is 0 Å². The van der Waals surface area contributed by atoms with Crippen LogP contribution in [0.4, 0.5) is 0 Å². The number of alkyl halides is 1. The third-order valence-electron chi connectivity index (χ3n) is 3.74. The normalized spacial score (nSPS) is 13.8. The lowest BCUT2D eigenvalue weighted by Gasteiger charge is -2.09. The molecule has 0 spiro atoms. The summed E-state index contributed by atoms with van der Waals surface area (Å²) < 4.78 is 4.40. The van der Waals surface area contributed by atoms with E-state index in [-0.39, 0.29) is 4.95 Å². The van der Waals surface area contributed by atoms with Gasteiger partial charge in [-0.2, -0.15) is 0 Å². The van der Waals surface area contributed by atoms with Crippen LogP contribution in [0.25, 0.3) is 0 Å². The predicted molar refractivity (Wildman–Crippen MR) is 88.4 cm³/mol. The van der Waals surface area contributed by atoms with Crippen LogP contribution in [0, 0.1) is 0 Å². The summed E-state index contributed by atoms with van der Waals surface area (Å²) in [5, 5.41) is 0. The molecular weight excluding hydrogens is 324 g/mol. The largest absolute Gasteiger partial charge is 0.245 e. The molecule has 1 aromatic heterocycles. The highest BCUT2D eigenvalue weighted by Crippen LogP contribution is 2.20. The first-order valence-electron chi connectivity index (χ1n) is 7.08. The minimum absolute atomic E-state index is 0.155. The maximum Gasteiger partial charge on any atom is 0.245 e. The van der Waals surface area contributed by atoms with Gasteiger partial charge in [-0.15, -0.1) is 0 Å². The Bertz CT molecular complexity index is 632. The number of nitrogens with zero attached hydrogens (tertiary/aromatic N) is 2. The molecule has 3 rings (SSSR count). The van der Waals surface area contributed by atoms with Gasteiger partial charge in [-0.3, -0.25) is 0 Å². The molecule has 2 atom stereocenters. The third-order valence-corrected chi connectivity index (χ3v) is 4.74. The van der Waals surface area contributed by atoms with Crippen molar-refractivity contribution in [2.45, 2.75) is 17.9 Å². The van der Waals surface area contributed by atoms with Gasteiger partial charge in [-0.1, -0.05) is 60.7 Å². The van der Waals surface area contributed by atoms with Crippen LogP contribution < -0.4 is 4.57 Å². The number of imidazole rings is 1. The van der Waals surface area contributed by atoms with Gasteiger partial charge < -0.3 is 0 Å². The van der Waals surface area contributed by atoms with Crippen LogP contribution in [-0.4, -0.2) is 4.57 Å². The zero-order valence-electron chi connectivity index (χ0n) is 11.9. The monoisotopic (exact) mass is 341 g/mol. The van der Waals surface area contributed by atoms with Crippen LogP contribution >= 0.6 is 15.9 Å². The lowest BCUT2D eigenvalue weighted by molar-refractivity contribution is -0.688. The number of benzene rings is 2. The first kappa shape index (κ1) is 14.1. The second kappa shape index (κ2) is 6.27. The average molecular weight is 342 g/mol. The molecule has 3 aromatic rings. The zero-order chi connectivity index (χ0) is 14.7. The van der Waals surface area contributed by atoms with Crippen LogP contribution in [0.1, 0.15) is 29.0 Å². The maximum absolute atomic E-state index is 3.76. The Morgan fingerprint density at radius 1 is 0.905 bits per heavy atom. The van der Waals surface area contributed by atoms with Gasteiger partial charge in [-0.25, -0.2) is 9.13 Å². The number of hydrogen-bond acceptors (Lipinski definition) is 0. The molecule has 0 radical (unpaired) electrons. The predicted octanol–water partition coefficient (Wildman–Crippen LogP) is 4.33. The molecule has 0 fully saturated rings. The number of halogens is 1. The Hall–Kier alpha value is -1.87. The standard InChI is InChI=1S/C18H18BrN2/c1-15(16-8-4-2-5-9-16)20-12-13-21(14-20)18(19)17-10-6-3-7-11-17/h2-15,18H,1H3/q+1/t15-,18?/m1/s1. The molecule has 0 amide bonds. The molecular formula is C18H18BrN2+. The van der Waals surface area contributed by atoms with E-state index in [1.807, 2.05) is 6.07 Å². The van der Waals surface area contributed by atoms with Gasteiger partial charge in [0.2, 0.25) is 6.33 Å². The molecule has 21 heavy (non-hydrogen) atoms. The van der Waals surface area contributed by atoms with E-state index in [9.17, 15) is 0 Å². The lowest BCUT2D eigenvalue weighted by Crippen LogP contribution is -2.34. The second-order valence-electron chi connectivity index (χ2n) is 5.14. The quantitative estimate of drug-likeness (QED) is 0.493. The van der Waals surface area contributed by atoms with Crippen LogP contribution in [0.15, 0.2) is 79.4 Å². The summed E-state index contributed by atoms with van der Waals surface area (Å²) in [5.74, 6) is 0. The summed E-state index contributed by atoms with van der Waals surface area (Å²) in [6, 6.07) is 21.3. The minimum atomic E-state index is 0.155. The van der Waals surface area contributed by atoms with Crippen molar-refractivity contribution in [3.8, 4) is 0 Å². The first-order valence-corrected chi connectivity index (χ1v) is 7.99. The fourth-order valence-electron chi connectivity index (χ4n) is 2.44. The molecule has 0 aliphatic rings. The van der Waals surface area contributed by atoms with Crippen molar-refractivity contribution in [3.63, 3.8) is 0 Å². The molecule has 0 saturated heterocycles. The van der Waals surface area contributed by atoms with Crippen LogP contribution in [0.5, 0.6) is 0 Å². The molecule has 106 valence electrons. The fourth-order valence-corrected chi connectivity index (χ4v) is 2.98. The van der Waals surface area contributed by atoms with Crippen LogP contribution in [0.3, 0.4) is 0 Å². The maximum atomic E-state index is 3.76. The fraction of sp³-hybridized carbons (Fsp3) is 0.167. The van der Waals surface area contributed by atoms with Crippen molar-refractivity contribution in [1.82, 2.24) is 4.57 Å². The van der Waals surface area contributed by atoms with Crippen molar-refractivity contribution in [3.05, 3.63) is 90.5 Å². The topological polar surface area (TPSA) is 8.81 Å². The van der Waals surface area contributed by atoms with E-state index in [0.717, 1.165) is 0 Å². The highest BCUT2D eigenvalue weighted by Gasteiger charge is 2.18. The van der Waals surface area contributed by atoms with Crippen molar-refractivity contribution >= 4 is 15.9 Å². The molecule has 0 aliphatic carbocycles. The van der Waals surface area contributed by atoms with Gasteiger partial charge in [0.25, 0.3) is 0 Å². The molecule has 1 heterocycles. The Morgan fingerprint density at radius 2 is 1.48 bits per heavy atom. The van der Waals surface area contributed by atoms with E-state index in [1.165, 1.54) is 11.1 Å². The lowest BCUT2D eigenvalue weighted by atomic mass is 10.1. The summed E-state index contributed by atoms with van der Waals surface area (Å²) >= 11 is 3.76. The zero-order valence-corrected chi connectivity index (χ0v) is 13.5. The van der Waals surface area contributed by atoms with Gasteiger partial charge in [0.05, 0.1) is 0 Å². The van der Waals surface area contributed by atoms with Crippen LogP contribution in [0.2, 0.25) is 0 Å². The summed E-state index contributed by atoms with van der Waals surface area (Å²) in [4.78, 5) is 0.155. The summed E-state index contributed by atoms with van der Waals surface area (Å²) in [6.45, 7) is 2.21. The Kier molecular flexibility index (Phi) is 4.20. The Morgan fingerprint density at radius 3 is 2.10 bits per heavy atom. The van der Waals surface area contributed by atoms with E-state index in [4.69, 9.17) is 0 Å². The van der Waals surface area contributed by atoms with Crippen LogP contribution in [-0.2, 0) is 0 Å². The highest BCUT2D eigenvalue weighted by atomic mass is 79.9. The smallest absolute Gasteiger partial charge is 0.230 e. The molecule has 2 aromatic carbocycles. The third kappa shape index (κ3) is 3.08. The Balaban J connectivity index is 1.84. The molecule has 0 saturated carbocycles. The molecule has 0 N–H and O–H groups in total. The number of aromatic nitrogens is 2. The van der Waals surface area contributed by atoms with Gasteiger partial charge in [0, 0.05) is 5.56 Å². The van der Waals surface area contributed by atoms with E-state index < -0.39 is 0 Å². The van der Waals surface area contributed by atoms with E-state index >= 15 is 0 Å². The Labute approximate surface area is 133 Å². The number of rotatable bonds is 4. The van der Waals surface area contributed by atoms with Gasteiger partial charge in [-0.05, 0) is 28.4 Å².